The second-order valence-corrected chi connectivity index (χ2v) is 8.91. The largest absolute Gasteiger partial charge is 0.495 e. The molecule has 1 amide bonds. The Morgan fingerprint density at radius 1 is 1.04 bits per heavy atom. The van der Waals surface area contributed by atoms with Crippen molar-refractivity contribution in [2.24, 2.45) is 0 Å². The van der Waals surface area contributed by atoms with E-state index in [1.807, 2.05) is 51.1 Å². The Morgan fingerprint density at radius 2 is 1.61 bits per heavy atom. The molecule has 0 aliphatic rings. The molecule has 0 aliphatic heterocycles. The van der Waals surface area contributed by atoms with Gasteiger partial charge in [-0.15, -0.1) is 0 Å². The first kappa shape index (κ1) is 21.8. The zero-order valence-corrected chi connectivity index (χ0v) is 18.0. The van der Waals surface area contributed by atoms with E-state index in [1.165, 1.54) is 7.11 Å². The minimum atomic E-state index is -3.73. The molecular weight excluding hydrogens is 376 g/mol. The molecule has 0 saturated heterocycles. The number of aryl methyl sites for hydroxylation is 2. The summed E-state index contributed by atoms with van der Waals surface area (Å²) >= 11 is 0. The van der Waals surface area contributed by atoms with Gasteiger partial charge in [0.25, 0.3) is 0 Å². The summed E-state index contributed by atoms with van der Waals surface area (Å²) in [6.07, 6.45) is 1.09. The Balaban J connectivity index is 2.33. The molecule has 0 saturated carbocycles. The minimum Gasteiger partial charge on any atom is -0.495 e. The molecule has 2 aromatic carbocycles. The van der Waals surface area contributed by atoms with E-state index in [1.54, 1.807) is 19.1 Å². The standard InChI is InChI=1S/C21H28N2O4S/c1-14-7-10-18(11-8-14)16(3)22-21(24)17(4)23(28(6,25)26)19-13-15(2)9-12-20(19)27-5/h7-13,16-17H,1-6H3,(H,22,24)/t16-,17-/m0/s1. The van der Waals surface area contributed by atoms with Gasteiger partial charge in [0.1, 0.15) is 11.8 Å². The maximum atomic E-state index is 12.9. The van der Waals surface area contributed by atoms with Crippen molar-refractivity contribution in [2.75, 3.05) is 17.7 Å². The average Bonchev–Trinajstić information content (AvgIpc) is 2.61. The molecule has 0 bridgehead atoms. The van der Waals surface area contributed by atoms with Gasteiger partial charge in [-0.05, 0) is 51.0 Å². The number of ether oxygens (including phenoxy) is 1. The third kappa shape index (κ3) is 5.04. The van der Waals surface area contributed by atoms with Gasteiger partial charge in [0.2, 0.25) is 15.9 Å². The molecule has 0 unspecified atom stereocenters. The van der Waals surface area contributed by atoms with Crippen molar-refractivity contribution in [1.29, 1.82) is 0 Å². The Bertz CT molecular complexity index is 939. The number of methoxy groups -OCH3 is 1. The van der Waals surface area contributed by atoms with Gasteiger partial charge in [-0.25, -0.2) is 8.42 Å². The fourth-order valence-electron chi connectivity index (χ4n) is 3.03. The molecule has 7 heteroatoms. The number of nitrogens with zero attached hydrogens (tertiary/aromatic N) is 1. The fraction of sp³-hybridized carbons (Fsp3) is 0.381. The van der Waals surface area contributed by atoms with Crippen molar-refractivity contribution in [1.82, 2.24) is 5.32 Å². The van der Waals surface area contributed by atoms with Crippen LogP contribution in [0.4, 0.5) is 5.69 Å². The number of hydrogen-bond acceptors (Lipinski definition) is 4. The highest BCUT2D eigenvalue weighted by Crippen LogP contribution is 2.32. The van der Waals surface area contributed by atoms with Crippen molar-refractivity contribution < 1.29 is 17.9 Å². The third-order valence-electron chi connectivity index (χ3n) is 4.60. The number of sulfonamides is 1. The molecule has 6 nitrogen and oxygen atoms in total. The summed E-state index contributed by atoms with van der Waals surface area (Å²) in [7, 11) is -2.25. The lowest BCUT2D eigenvalue weighted by Gasteiger charge is -2.30. The van der Waals surface area contributed by atoms with Crippen LogP contribution in [0.2, 0.25) is 0 Å². The molecule has 152 valence electrons. The molecule has 2 rings (SSSR count). The van der Waals surface area contributed by atoms with Crippen LogP contribution in [0.25, 0.3) is 0 Å². The van der Waals surface area contributed by atoms with Gasteiger partial charge in [0, 0.05) is 0 Å². The summed E-state index contributed by atoms with van der Waals surface area (Å²) in [6, 6.07) is 11.9. The zero-order chi connectivity index (χ0) is 21.1. The van der Waals surface area contributed by atoms with Gasteiger partial charge in [0.15, 0.2) is 0 Å². The summed E-state index contributed by atoms with van der Waals surface area (Å²) in [5.74, 6) is 0.00400. The summed E-state index contributed by atoms with van der Waals surface area (Å²) in [5, 5.41) is 2.90. The monoisotopic (exact) mass is 404 g/mol. The van der Waals surface area contributed by atoms with E-state index >= 15 is 0 Å². The van der Waals surface area contributed by atoms with E-state index in [4.69, 9.17) is 4.74 Å². The topological polar surface area (TPSA) is 75.7 Å². The molecule has 0 heterocycles. The summed E-state index contributed by atoms with van der Waals surface area (Å²) in [6.45, 7) is 7.29. The molecule has 2 aromatic rings. The predicted octanol–water partition coefficient (Wildman–Crippen LogP) is 3.34. The van der Waals surface area contributed by atoms with Crippen LogP contribution in [-0.2, 0) is 14.8 Å². The number of amides is 1. The molecule has 28 heavy (non-hydrogen) atoms. The first-order valence-electron chi connectivity index (χ1n) is 9.05. The lowest BCUT2D eigenvalue weighted by molar-refractivity contribution is -0.122. The first-order chi connectivity index (χ1) is 13.0. The summed E-state index contributed by atoms with van der Waals surface area (Å²) in [5.41, 5.74) is 3.29. The van der Waals surface area contributed by atoms with Crippen LogP contribution in [0, 0.1) is 13.8 Å². The summed E-state index contributed by atoms with van der Waals surface area (Å²) in [4.78, 5) is 12.9. The highest BCUT2D eigenvalue weighted by molar-refractivity contribution is 7.92. The van der Waals surface area contributed by atoms with Crippen LogP contribution in [0.15, 0.2) is 42.5 Å². The van der Waals surface area contributed by atoms with Gasteiger partial charge in [-0.2, -0.15) is 0 Å². The van der Waals surface area contributed by atoms with E-state index < -0.39 is 16.1 Å². The number of carbonyl (C=O) groups excluding carboxylic acids is 1. The fourth-order valence-corrected chi connectivity index (χ4v) is 4.20. The van der Waals surface area contributed by atoms with E-state index in [-0.39, 0.29) is 11.9 Å². The molecule has 0 aromatic heterocycles. The van der Waals surface area contributed by atoms with Gasteiger partial charge in [-0.3, -0.25) is 9.10 Å². The molecule has 2 atom stereocenters. The minimum absolute atomic E-state index is 0.253. The van der Waals surface area contributed by atoms with Crippen LogP contribution in [0.5, 0.6) is 5.75 Å². The smallest absolute Gasteiger partial charge is 0.244 e. The predicted molar refractivity (Wildman–Crippen MR) is 112 cm³/mol. The van der Waals surface area contributed by atoms with E-state index in [9.17, 15) is 13.2 Å². The molecule has 1 N–H and O–H groups in total. The van der Waals surface area contributed by atoms with Crippen molar-refractivity contribution in [3.8, 4) is 5.75 Å². The van der Waals surface area contributed by atoms with E-state index in [0.29, 0.717) is 11.4 Å². The number of benzene rings is 2. The Morgan fingerprint density at radius 3 is 2.14 bits per heavy atom. The van der Waals surface area contributed by atoms with E-state index in [0.717, 1.165) is 27.3 Å². The van der Waals surface area contributed by atoms with E-state index in [2.05, 4.69) is 5.32 Å². The Hall–Kier alpha value is -2.54. The number of anilines is 1. The molecule has 0 radical (unpaired) electrons. The summed E-state index contributed by atoms with van der Waals surface area (Å²) < 4.78 is 31.5. The number of carbonyl (C=O) groups is 1. The third-order valence-corrected chi connectivity index (χ3v) is 5.82. The average molecular weight is 405 g/mol. The molecular formula is C21H28N2O4S. The normalized spacial score (nSPS) is 13.5. The van der Waals surface area contributed by atoms with Crippen molar-refractivity contribution in [2.45, 2.75) is 39.8 Å². The lowest BCUT2D eigenvalue weighted by atomic mass is 10.1. The zero-order valence-electron chi connectivity index (χ0n) is 17.2. The van der Waals surface area contributed by atoms with Crippen LogP contribution < -0.4 is 14.4 Å². The number of rotatable bonds is 7. The Kier molecular flexibility index (Phi) is 6.72. The van der Waals surface area contributed by atoms with Gasteiger partial charge in [0.05, 0.1) is 25.1 Å². The number of hydrogen-bond donors (Lipinski definition) is 1. The first-order valence-corrected chi connectivity index (χ1v) is 10.9. The lowest BCUT2D eigenvalue weighted by Crippen LogP contribution is -2.48. The van der Waals surface area contributed by atoms with Crippen LogP contribution in [-0.4, -0.2) is 33.7 Å². The highest BCUT2D eigenvalue weighted by Gasteiger charge is 2.32. The quantitative estimate of drug-likeness (QED) is 0.768. The Labute approximate surface area is 167 Å². The highest BCUT2D eigenvalue weighted by atomic mass is 32.2. The molecule has 0 spiro atoms. The van der Waals surface area contributed by atoms with Crippen molar-refractivity contribution >= 4 is 21.6 Å². The van der Waals surface area contributed by atoms with Gasteiger partial charge < -0.3 is 10.1 Å². The molecule has 0 fully saturated rings. The molecule has 0 aliphatic carbocycles. The van der Waals surface area contributed by atoms with Crippen molar-refractivity contribution in [3.63, 3.8) is 0 Å². The second kappa shape index (κ2) is 8.65. The number of nitrogens with one attached hydrogen (secondary N) is 1. The van der Waals surface area contributed by atoms with Crippen LogP contribution in [0.1, 0.15) is 36.6 Å². The maximum Gasteiger partial charge on any atom is 0.244 e. The van der Waals surface area contributed by atoms with Crippen LogP contribution >= 0.6 is 0 Å². The van der Waals surface area contributed by atoms with Gasteiger partial charge >= 0.3 is 0 Å². The maximum absolute atomic E-state index is 12.9. The second-order valence-electron chi connectivity index (χ2n) is 7.05. The SMILES string of the molecule is COc1ccc(C)cc1N([C@@H](C)C(=O)N[C@@H](C)c1ccc(C)cc1)S(C)(=O)=O. The van der Waals surface area contributed by atoms with Gasteiger partial charge in [-0.1, -0.05) is 35.9 Å². The van der Waals surface area contributed by atoms with Crippen LogP contribution in [0.3, 0.4) is 0 Å². The van der Waals surface area contributed by atoms with Crippen molar-refractivity contribution in [3.05, 3.63) is 59.2 Å².